The Morgan fingerprint density at radius 2 is 1.95 bits per heavy atom. The lowest BCUT2D eigenvalue weighted by molar-refractivity contribution is -0.385. The topological polar surface area (TPSA) is 127 Å². The third kappa shape index (κ3) is 2.80. The number of aryl methyl sites for hydroxylation is 1. The van der Waals surface area contributed by atoms with Crippen molar-refractivity contribution in [3.8, 4) is 0 Å². The first-order valence-electron chi connectivity index (χ1n) is 6.36. The second-order valence-corrected chi connectivity index (χ2v) is 6.56. The summed E-state index contributed by atoms with van der Waals surface area (Å²) in [5.41, 5.74) is -1.41. The maximum atomic E-state index is 12.7. The highest BCUT2D eigenvalue weighted by Crippen LogP contribution is 2.31. The highest BCUT2D eigenvalue weighted by Gasteiger charge is 2.36. The van der Waals surface area contributed by atoms with Crippen molar-refractivity contribution in [3.05, 3.63) is 33.4 Å². The molecular formula is C12H14N2O7S. The molecule has 0 saturated carbocycles. The molecule has 1 aromatic carbocycles. The molecule has 1 aliphatic heterocycles. The van der Waals surface area contributed by atoms with Crippen LogP contribution in [-0.2, 0) is 14.8 Å². The Hall–Kier alpha value is -2.04. The summed E-state index contributed by atoms with van der Waals surface area (Å²) in [7, 11) is -4.16. The zero-order valence-corrected chi connectivity index (χ0v) is 12.5. The smallest absolute Gasteiger partial charge is 0.344 e. The van der Waals surface area contributed by atoms with Crippen LogP contribution in [0, 0.1) is 17.0 Å². The summed E-state index contributed by atoms with van der Waals surface area (Å²) in [5, 5.41) is 20.3. The Kier molecular flexibility index (Phi) is 4.44. The SMILES string of the molecule is Cc1ccc([N+](=O)[O-])c(C(=O)O)c1S(=O)(=O)N1CCOCC1. The molecule has 1 aromatic rings. The van der Waals surface area contributed by atoms with Gasteiger partial charge in [-0.1, -0.05) is 6.07 Å². The summed E-state index contributed by atoms with van der Waals surface area (Å²) in [6.45, 7) is 1.93. The second kappa shape index (κ2) is 5.99. The minimum absolute atomic E-state index is 0.0729. The molecule has 9 nitrogen and oxygen atoms in total. The third-order valence-corrected chi connectivity index (χ3v) is 5.40. The van der Waals surface area contributed by atoms with E-state index in [0.717, 1.165) is 10.4 Å². The molecule has 1 heterocycles. The fourth-order valence-corrected chi connectivity index (χ4v) is 4.10. The summed E-state index contributed by atoms with van der Waals surface area (Å²) in [6.07, 6.45) is 0. The van der Waals surface area contributed by atoms with E-state index >= 15 is 0 Å². The van der Waals surface area contributed by atoms with Crippen molar-refractivity contribution in [2.45, 2.75) is 11.8 Å². The van der Waals surface area contributed by atoms with E-state index in [4.69, 9.17) is 4.74 Å². The molecule has 0 unspecified atom stereocenters. The molecule has 1 fully saturated rings. The van der Waals surface area contributed by atoms with Gasteiger partial charge >= 0.3 is 5.97 Å². The van der Waals surface area contributed by atoms with Crippen molar-refractivity contribution in [3.63, 3.8) is 0 Å². The average molecular weight is 330 g/mol. The van der Waals surface area contributed by atoms with Crippen molar-refractivity contribution >= 4 is 21.7 Å². The Bertz CT molecular complexity index is 723. The first kappa shape index (κ1) is 16.3. The van der Waals surface area contributed by atoms with Gasteiger partial charge in [0.15, 0.2) is 5.56 Å². The van der Waals surface area contributed by atoms with Gasteiger partial charge in [-0.05, 0) is 12.5 Å². The molecule has 10 heteroatoms. The highest BCUT2D eigenvalue weighted by atomic mass is 32.2. The Morgan fingerprint density at radius 3 is 2.45 bits per heavy atom. The Labute approximate surface area is 126 Å². The molecule has 0 spiro atoms. The van der Waals surface area contributed by atoms with Crippen LogP contribution in [0.1, 0.15) is 15.9 Å². The van der Waals surface area contributed by atoms with E-state index in [1.54, 1.807) is 0 Å². The van der Waals surface area contributed by atoms with Crippen LogP contribution in [-0.4, -0.2) is 55.0 Å². The lowest BCUT2D eigenvalue weighted by Crippen LogP contribution is -2.41. The number of sulfonamides is 1. The number of nitro benzene ring substituents is 1. The Morgan fingerprint density at radius 1 is 1.36 bits per heavy atom. The molecule has 0 aromatic heterocycles. The van der Waals surface area contributed by atoms with Crippen LogP contribution in [0.15, 0.2) is 17.0 Å². The number of nitro groups is 1. The number of hydrogen-bond donors (Lipinski definition) is 1. The number of aromatic carboxylic acids is 1. The summed E-state index contributed by atoms with van der Waals surface area (Å²) >= 11 is 0. The number of benzene rings is 1. The second-order valence-electron chi connectivity index (χ2n) is 4.68. The fraction of sp³-hybridized carbons (Fsp3) is 0.417. The molecule has 0 atom stereocenters. The molecule has 0 radical (unpaired) electrons. The molecule has 0 amide bonds. The van der Waals surface area contributed by atoms with E-state index in [0.29, 0.717) is 0 Å². The number of ether oxygens (including phenoxy) is 1. The quantitative estimate of drug-likeness (QED) is 0.633. The standard InChI is InChI=1S/C12H14N2O7S/c1-8-2-3-9(14(17)18)10(12(15)16)11(8)22(19,20)13-4-6-21-7-5-13/h2-3H,4-7H2,1H3,(H,15,16). The number of carbonyl (C=O) groups is 1. The van der Waals surface area contributed by atoms with Crippen LogP contribution >= 0.6 is 0 Å². The van der Waals surface area contributed by atoms with E-state index in [-0.39, 0.29) is 31.9 Å². The minimum Gasteiger partial charge on any atom is -0.477 e. The van der Waals surface area contributed by atoms with Gasteiger partial charge in [-0.15, -0.1) is 0 Å². The van der Waals surface area contributed by atoms with Crippen LogP contribution in [0.2, 0.25) is 0 Å². The van der Waals surface area contributed by atoms with E-state index in [2.05, 4.69) is 0 Å². The molecule has 1 aliphatic rings. The maximum Gasteiger partial charge on any atom is 0.344 e. The van der Waals surface area contributed by atoms with Gasteiger partial charge in [0.25, 0.3) is 5.69 Å². The van der Waals surface area contributed by atoms with Gasteiger partial charge in [-0.2, -0.15) is 4.31 Å². The summed E-state index contributed by atoms with van der Waals surface area (Å²) < 4.78 is 31.5. The van der Waals surface area contributed by atoms with Gasteiger partial charge in [0.1, 0.15) is 4.90 Å². The zero-order chi connectivity index (χ0) is 16.5. The van der Waals surface area contributed by atoms with Gasteiger partial charge in [-0.25, -0.2) is 13.2 Å². The van der Waals surface area contributed by atoms with Crippen LogP contribution in [0.25, 0.3) is 0 Å². The van der Waals surface area contributed by atoms with Crippen LogP contribution in [0.5, 0.6) is 0 Å². The summed E-state index contributed by atoms with van der Waals surface area (Å²) in [6, 6.07) is 2.23. The molecular weight excluding hydrogens is 316 g/mol. The fourth-order valence-electron chi connectivity index (χ4n) is 2.28. The molecule has 0 bridgehead atoms. The van der Waals surface area contributed by atoms with Crippen molar-refractivity contribution in [2.24, 2.45) is 0 Å². The number of nitrogens with zero attached hydrogens (tertiary/aromatic N) is 2. The first-order valence-corrected chi connectivity index (χ1v) is 7.80. The van der Waals surface area contributed by atoms with Crippen LogP contribution in [0.3, 0.4) is 0 Å². The van der Waals surface area contributed by atoms with Crippen molar-refractivity contribution in [1.82, 2.24) is 4.31 Å². The first-order chi connectivity index (χ1) is 10.3. The minimum atomic E-state index is -4.16. The molecule has 1 saturated heterocycles. The van der Waals surface area contributed by atoms with Crippen molar-refractivity contribution in [2.75, 3.05) is 26.3 Å². The predicted octanol–water partition coefficient (Wildman–Crippen LogP) is 0.622. The average Bonchev–Trinajstić information content (AvgIpc) is 2.47. The van der Waals surface area contributed by atoms with Gasteiger partial charge in [0.05, 0.1) is 18.1 Å². The number of carboxylic acid groups (broad SMARTS) is 1. The van der Waals surface area contributed by atoms with E-state index < -0.39 is 37.1 Å². The molecule has 2 rings (SSSR count). The summed E-state index contributed by atoms with van der Waals surface area (Å²) in [4.78, 5) is 21.0. The van der Waals surface area contributed by atoms with Gasteiger partial charge in [0.2, 0.25) is 10.0 Å². The van der Waals surface area contributed by atoms with E-state index in [1.807, 2.05) is 0 Å². The van der Waals surface area contributed by atoms with Gasteiger partial charge < -0.3 is 9.84 Å². The molecule has 0 aliphatic carbocycles. The third-order valence-electron chi connectivity index (χ3n) is 3.31. The van der Waals surface area contributed by atoms with E-state index in [1.165, 1.54) is 13.0 Å². The zero-order valence-electron chi connectivity index (χ0n) is 11.7. The highest BCUT2D eigenvalue weighted by molar-refractivity contribution is 7.89. The lowest BCUT2D eigenvalue weighted by Gasteiger charge is -2.27. The van der Waals surface area contributed by atoms with Crippen molar-refractivity contribution < 1.29 is 28.0 Å². The Balaban J connectivity index is 2.70. The normalized spacial score (nSPS) is 16.4. The largest absolute Gasteiger partial charge is 0.477 e. The molecule has 1 N–H and O–H groups in total. The number of rotatable bonds is 4. The van der Waals surface area contributed by atoms with E-state index in [9.17, 15) is 28.4 Å². The van der Waals surface area contributed by atoms with Crippen molar-refractivity contribution in [1.29, 1.82) is 0 Å². The van der Waals surface area contributed by atoms with Gasteiger partial charge in [0, 0.05) is 19.2 Å². The monoisotopic (exact) mass is 330 g/mol. The van der Waals surface area contributed by atoms with Crippen LogP contribution in [0.4, 0.5) is 5.69 Å². The number of morpholine rings is 1. The molecule has 22 heavy (non-hydrogen) atoms. The van der Waals surface area contributed by atoms with Gasteiger partial charge in [-0.3, -0.25) is 10.1 Å². The molecule has 120 valence electrons. The van der Waals surface area contributed by atoms with Crippen LogP contribution < -0.4 is 0 Å². The maximum absolute atomic E-state index is 12.7. The number of carboxylic acids is 1. The number of hydrogen-bond acceptors (Lipinski definition) is 6. The predicted molar refractivity (Wildman–Crippen MR) is 74.4 cm³/mol. The lowest BCUT2D eigenvalue weighted by atomic mass is 10.1. The summed E-state index contributed by atoms with van der Waals surface area (Å²) in [5.74, 6) is -1.65.